The maximum absolute atomic E-state index is 9.91. The summed E-state index contributed by atoms with van der Waals surface area (Å²) in [5, 5.41) is 10.8. The standard InChI is InChI=1S/C7H10N2O/c1-3-6(2)7(4-8)9-5-10/h3,5,7H,1-2H3,(H,9,10)/b6-3+. The number of rotatable bonds is 3. The van der Waals surface area contributed by atoms with Crippen molar-refractivity contribution in [2.45, 2.75) is 19.9 Å². The number of allylic oxidation sites excluding steroid dienone is 1. The van der Waals surface area contributed by atoms with Gasteiger partial charge in [0.2, 0.25) is 6.41 Å². The lowest BCUT2D eigenvalue weighted by atomic mass is 10.1. The Morgan fingerprint density at radius 3 is 2.70 bits per heavy atom. The molecule has 1 N–H and O–H groups in total. The Hall–Kier alpha value is -1.30. The number of nitriles is 1. The van der Waals surface area contributed by atoms with Gasteiger partial charge in [0, 0.05) is 0 Å². The molecule has 0 rings (SSSR count). The third-order valence-corrected chi connectivity index (χ3v) is 1.27. The molecular formula is C7H10N2O. The van der Waals surface area contributed by atoms with Crippen LogP contribution in [-0.2, 0) is 4.79 Å². The molecule has 0 saturated heterocycles. The van der Waals surface area contributed by atoms with Gasteiger partial charge < -0.3 is 5.32 Å². The van der Waals surface area contributed by atoms with E-state index >= 15 is 0 Å². The Morgan fingerprint density at radius 2 is 2.40 bits per heavy atom. The fourth-order valence-electron chi connectivity index (χ4n) is 0.505. The van der Waals surface area contributed by atoms with E-state index in [0.717, 1.165) is 5.57 Å². The highest BCUT2D eigenvalue weighted by atomic mass is 16.1. The molecule has 0 radical (unpaired) electrons. The number of nitrogens with zero attached hydrogens (tertiary/aromatic N) is 1. The average molecular weight is 138 g/mol. The first kappa shape index (κ1) is 8.70. The SMILES string of the molecule is C/C=C(\C)C(C#N)NC=O. The lowest BCUT2D eigenvalue weighted by molar-refractivity contribution is -0.109. The summed E-state index contributed by atoms with van der Waals surface area (Å²) in [6, 6.07) is 1.47. The lowest BCUT2D eigenvalue weighted by Crippen LogP contribution is -2.26. The first-order valence-corrected chi connectivity index (χ1v) is 2.98. The van der Waals surface area contributed by atoms with Crippen molar-refractivity contribution in [2.75, 3.05) is 0 Å². The van der Waals surface area contributed by atoms with Gasteiger partial charge in [-0.25, -0.2) is 0 Å². The molecule has 10 heavy (non-hydrogen) atoms. The predicted molar refractivity (Wildman–Crippen MR) is 38.0 cm³/mol. The Bertz CT molecular complexity index is 179. The second-order valence-corrected chi connectivity index (χ2v) is 1.88. The lowest BCUT2D eigenvalue weighted by Gasteiger charge is -2.05. The molecule has 0 saturated carbocycles. The molecule has 0 aromatic heterocycles. The van der Waals surface area contributed by atoms with Crippen LogP contribution in [0.5, 0.6) is 0 Å². The van der Waals surface area contributed by atoms with Gasteiger partial charge in [-0.2, -0.15) is 5.26 Å². The Balaban J connectivity index is 4.10. The maximum atomic E-state index is 9.91. The summed E-state index contributed by atoms with van der Waals surface area (Å²) in [6.45, 7) is 3.62. The zero-order valence-corrected chi connectivity index (χ0v) is 6.09. The minimum Gasteiger partial charge on any atom is -0.340 e. The van der Waals surface area contributed by atoms with Crippen molar-refractivity contribution in [2.24, 2.45) is 0 Å². The third-order valence-electron chi connectivity index (χ3n) is 1.27. The molecule has 0 heterocycles. The zero-order valence-electron chi connectivity index (χ0n) is 6.09. The molecule has 3 heteroatoms. The van der Waals surface area contributed by atoms with E-state index in [2.05, 4.69) is 5.32 Å². The smallest absolute Gasteiger partial charge is 0.208 e. The Morgan fingerprint density at radius 1 is 1.80 bits per heavy atom. The summed E-state index contributed by atoms with van der Waals surface area (Å²) in [7, 11) is 0. The molecule has 0 aromatic carbocycles. The molecule has 0 aromatic rings. The minimum absolute atomic E-state index is 0.470. The quantitative estimate of drug-likeness (QED) is 0.458. The summed E-state index contributed by atoms with van der Waals surface area (Å²) in [5.74, 6) is 0. The van der Waals surface area contributed by atoms with E-state index in [0.29, 0.717) is 6.41 Å². The molecule has 0 spiro atoms. The number of hydrogen-bond acceptors (Lipinski definition) is 2. The van der Waals surface area contributed by atoms with Gasteiger partial charge in [-0.3, -0.25) is 4.79 Å². The molecule has 3 nitrogen and oxygen atoms in total. The van der Waals surface area contributed by atoms with Crippen LogP contribution in [0.3, 0.4) is 0 Å². The van der Waals surface area contributed by atoms with Crippen LogP contribution in [0.2, 0.25) is 0 Å². The molecule has 1 amide bonds. The Labute approximate surface area is 60.3 Å². The van der Waals surface area contributed by atoms with Gasteiger partial charge >= 0.3 is 0 Å². The van der Waals surface area contributed by atoms with Gasteiger partial charge in [-0.1, -0.05) is 6.08 Å². The minimum atomic E-state index is -0.470. The first-order chi connectivity index (χ1) is 4.76. The van der Waals surface area contributed by atoms with Crippen molar-refractivity contribution < 1.29 is 4.79 Å². The predicted octanol–water partition coefficient (Wildman–Crippen LogP) is 0.591. The molecular weight excluding hydrogens is 128 g/mol. The fraction of sp³-hybridized carbons (Fsp3) is 0.429. The summed E-state index contributed by atoms with van der Waals surface area (Å²) < 4.78 is 0. The molecule has 0 aliphatic rings. The zero-order chi connectivity index (χ0) is 7.98. The molecule has 1 atom stereocenters. The topological polar surface area (TPSA) is 52.9 Å². The number of amides is 1. The molecule has 1 unspecified atom stereocenters. The van der Waals surface area contributed by atoms with Crippen molar-refractivity contribution in [3.8, 4) is 6.07 Å². The van der Waals surface area contributed by atoms with Gasteiger partial charge in [0.05, 0.1) is 6.07 Å². The van der Waals surface area contributed by atoms with Crippen LogP contribution in [0.15, 0.2) is 11.6 Å². The van der Waals surface area contributed by atoms with E-state index in [4.69, 9.17) is 5.26 Å². The van der Waals surface area contributed by atoms with Crippen molar-refractivity contribution in [3.63, 3.8) is 0 Å². The second kappa shape index (κ2) is 4.57. The van der Waals surface area contributed by atoms with Crippen LogP contribution >= 0.6 is 0 Å². The summed E-state index contributed by atoms with van der Waals surface area (Å²) in [6.07, 6.45) is 2.32. The Kier molecular flexibility index (Phi) is 3.97. The summed E-state index contributed by atoms with van der Waals surface area (Å²) >= 11 is 0. The van der Waals surface area contributed by atoms with E-state index in [9.17, 15) is 4.79 Å². The van der Waals surface area contributed by atoms with E-state index in [1.165, 1.54) is 0 Å². The normalized spacial score (nSPS) is 13.5. The third kappa shape index (κ3) is 2.31. The highest BCUT2D eigenvalue weighted by Gasteiger charge is 2.04. The second-order valence-electron chi connectivity index (χ2n) is 1.88. The number of carbonyl (C=O) groups is 1. The van der Waals surface area contributed by atoms with Gasteiger partial charge in [0.1, 0.15) is 6.04 Å². The monoisotopic (exact) mass is 138 g/mol. The van der Waals surface area contributed by atoms with Crippen molar-refractivity contribution in [3.05, 3.63) is 11.6 Å². The van der Waals surface area contributed by atoms with Gasteiger partial charge in [0.25, 0.3) is 0 Å². The van der Waals surface area contributed by atoms with Crippen molar-refractivity contribution in [1.29, 1.82) is 5.26 Å². The van der Waals surface area contributed by atoms with Crippen LogP contribution in [-0.4, -0.2) is 12.5 Å². The highest BCUT2D eigenvalue weighted by molar-refractivity contribution is 5.49. The van der Waals surface area contributed by atoms with Gasteiger partial charge in [0.15, 0.2) is 0 Å². The van der Waals surface area contributed by atoms with E-state index in [1.807, 2.05) is 13.0 Å². The van der Waals surface area contributed by atoms with E-state index < -0.39 is 6.04 Å². The molecule has 0 bridgehead atoms. The van der Waals surface area contributed by atoms with Crippen molar-refractivity contribution in [1.82, 2.24) is 5.32 Å². The average Bonchev–Trinajstić information content (AvgIpc) is 1.99. The van der Waals surface area contributed by atoms with Crippen molar-refractivity contribution >= 4 is 6.41 Å². The molecule has 54 valence electrons. The number of hydrogen-bond donors (Lipinski definition) is 1. The van der Waals surface area contributed by atoms with Crippen LogP contribution in [0.25, 0.3) is 0 Å². The molecule has 0 fully saturated rings. The summed E-state index contributed by atoms with van der Waals surface area (Å²) in [5.41, 5.74) is 0.856. The fourth-order valence-corrected chi connectivity index (χ4v) is 0.505. The number of nitrogens with one attached hydrogen (secondary N) is 1. The van der Waals surface area contributed by atoms with E-state index in [-0.39, 0.29) is 0 Å². The summed E-state index contributed by atoms with van der Waals surface area (Å²) in [4.78, 5) is 9.91. The van der Waals surface area contributed by atoms with E-state index in [1.54, 1.807) is 13.0 Å². The molecule has 0 aliphatic heterocycles. The number of carbonyl (C=O) groups excluding carboxylic acids is 1. The first-order valence-electron chi connectivity index (χ1n) is 2.98. The largest absolute Gasteiger partial charge is 0.340 e. The van der Waals surface area contributed by atoms with Crippen LogP contribution in [0.1, 0.15) is 13.8 Å². The van der Waals surface area contributed by atoms with Crippen LogP contribution in [0, 0.1) is 11.3 Å². The van der Waals surface area contributed by atoms with Crippen LogP contribution < -0.4 is 5.32 Å². The van der Waals surface area contributed by atoms with Gasteiger partial charge in [-0.05, 0) is 19.4 Å². The van der Waals surface area contributed by atoms with Crippen LogP contribution in [0.4, 0.5) is 0 Å². The highest BCUT2D eigenvalue weighted by Crippen LogP contribution is 1.97. The molecule has 0 aliphatic carbocycles. The van der Waals surface area contributed by atoms with Gasteiger partial charge in [-0.15, -0.1) is 0 Å². The maximum Gasteiger partial charge on any atom is 0.208 e.